The molecule has 2 atom stereocenters. The smallest absolute Gasteiger partial charge is 0.349 e. The van der Waals surface area contributed by atoms with Gasteiger partial charge in [0.05, 0.1) is 23.1 Å². The highest BCUT2D eigenvalue weighted by Gasteiger charge is 2.30. The lowest BCUT2D eigenvalue weighted by Crippen LogP contribution is -2.40. The van der Waals surface area contributed by atoms with Crippen molar-refractivity contribution in [3.63, 3.8) is 0 Å². The van der Waals surface area contributed by atoms with Crippen molar-refractivity contribution >= 4 is 5.91 Å². The Labute approximate surface area is 182 Å². The van der Waals surface area contributed by atoms with Crippen molar-refractivity contribution in [1.82, 2.24) is 20.1 Å². The summed E-state index contributed by atoms with van der Waals surface area (Å²) in [5.41, 5.74) is -0.662. The topological polar surface area (TPSA) is 76.9 Å². The number of pyridine rings is 1. The van der Waals surface area contributed by atoms with Gasteiger partial charge in [-0.15, -0.1) is 0 Å². The van der Waals surface area contributed by atoms with Crippen LogP contribution >= 0.6 is 0 Å². The number of carbonyl (C=O) groups excluding carboxylic acids is 1. The van der Waals surface area contributed by atoms with Gasteiger partial charge < -0.3 is 5.32 Å². The van der Waals surface area contributed by atoms with Crippen molar-refractivity contribution in [2.24, 2.45) is 5.92 Å². The van der Waals surface area contributed by atoms with Crippen LogP contribution in [0.1, 0.15) is 42.1 Å². The predicted molar refractivity (Wildman–Crippen MR) is 112 cm³/mol. The molecule has 3 aromatic rings. The Morgan fingerprint density at radius 2 is 1.91 bits per heavy atom. The van der Waals surface area contributed by atoms with E-state index in [0.717, 1.165) is 36.1 Å². The molecule has 4 rings (SSSR count). The Morgan fingerprint density at radius 3 is 2.50 bits per heavy atom. The highest BCUT2D eigenvalue weighted by atomic mass is 19.4. The van der Waals surface area contributed by atoms with E-state index in [-0.39, 0.29) is 17.3 Å². The first-order chi connectivity index (χ1) is 15.2. The van der Waals surface area contributed by atoms with Gasteiger partial charge in [-0.05, 0) is 49.1 Å². The van der Waals surface area contributed by atoms with Crippen molar-refractivity contribution in [3.05, 3.63) is 76.3 Å². The van der Waals surface area contributed by atoms with E-state index in [9.17, 15) is 22.8 Å². The van der Waals surface area contributed by atoms with E-state index in [1.165, 1.54) is 30.6 Å². The first kappa shape index (κ1) is 21.7. The zero-order valence-electron chi connectivity index (χ0n) is 17.3. The fourth-order valence-corrected chi connectivity index (χ4v) is 3.89. The minimum atomic E-state index is -4.47. The summed E-state index contributed by atoms with van der Waals surface area (Å²) in [4.78, 5) is 30.1. The largest absolute Gasteiger partial charge is 0.416 e. The molecule has 1 N–H and O–H groups in total. The summed E-state index contributed by atoms with van der Waals surface area (Å²) in [5, 5.41) is 7.23. The molecular weight excluding hydrogens is 421 g/mol. The van der Waals surface area contributed by atoms with Crippen LogP contribution in [0.3, 0.4) is 0 Å². The van der Waals surface area contributed by atoms with Gasteiger partial charge in [-0.2, -0.15) is 23.0 Å². The summed E-state index contributed by atoms with van der Waals surface area (Å²) >= 11 is 0. The summed E-state index contributed by atoms with van der Waals surface area (Å²) in [6.45, 7) is 2.05. The minimum Gasteiger partial charge on any atom is -0.349 e. The summed E-state index contributed by atoms with van der Waals surface area (Å²) in [5.74, 6) is -0.224. The lowest BCUT2D eigenvalue weighted by Gasteiger charge is -2.18. The van der Waals surface area contributed by atoms with E-state index >= 15 is 0 Å². The highest BCUT2D eigenvalue weighted by molar-refractivity contribution is 5.95. The number of halogens is 3. The van der Waals surface area contributed by atoms with E-state index in [0.29, 0.717) is 17.2 Å². The van der Waals surface area contributed by atoms with Crippen LogP contribution in [0.15, 0.2) is 59.7 Å². The van der Waals surface area contributed by atoms with E-state index in [1.807, 2.05) is 6.92 Å². The molecule has 1 amide bonds. The Morgan fingerprint density at radius 1 is 1.16 bits per heavy atom. The summed E-state index contributed by atoms with van der Waals surface area (Å²) < 4.78 is 39.9. The Kier molecular flexibility index (Phi) is 5.82. The standard InChI is InChI=1S/C23H21F3N4O2/c1-14-4-2-6-19(14)28-21(31)18-12-20(15-7-9-16(10-8-15)23(24,25)26)29-30(22(18)32)17-5-3-11-27-13-17/h3,5,7-14,19H,2,4,6H2,1H3,(H,28,31)/t14-,19+/m1/s1. The summed E-state index contributed by atoms with van der Waals surface area (Å²) in [7, 11) is 0. The number of nitrogens with zero attached hydrogens (tertiary/aromatic N) is 3. The van der Waals surface area contributed by atoms with Crippen LogP contribution in [0.25, 0.3) is 16.9 Å². The molecule has 9 heteroatoms. The lowest BCUT2D eigenvalue weighted by atomic mass is 10.0. The molecule has 166 valence electrons. The van der Waals surface area contributed by atoms with Crippen molar-refractivity contribution in [2.45, 2.75) is 38.4 Å². The van der Waals surface area contributed by atoms with Gasteiger partial charge >= 0.3 is 6.18 Å². The molecule has 1 saturated carbocycles. The van der Waals surface area contributed by atoms with Gasteiger partial charge in [0.1, 0.15) is 5.56 Å². The molecule has 2 aromatic heterocycles. The second-order valence-electron chi connectivity index (χ2n) is 7.93. The Hall–Kier alpha value is -3.49. The third-order valence-corrected chi connectivity index (χ3v) is 5.73. The maximum absolute atomic E-state index is 13.1. The van der Waals surface area contributed by atoms with Crippen molar-refractivity contribution in [1.29, 1.82) is 0 Å². The average Bonchev–Trinajstić information content (AvgIpc) is 3.18. The number of amides is 1. The van der Waals surface area contributed by atoms with Crippen molar-refractivity contribution in [2.75, 3.05) is 0 Å². The predicted octanol–water partition coefficient (Wildman–Crippen LogP) is 4.23. The Balaban J connectivity index is 1.79. The normalized spacial score (nSPS) is 18.5. The average molecular weight is 442 g/mol. The number of carbonyl (C=O) groups is 1. The molecule has 0 bridgehead atoms. The van der Waals surface area contributed by atoms with Crippen LogP contribution in [-0.2, 0) is 6.18 Å². The first-order valence-electron chi connectivity index (χ1n) is 10.3. The van der Waals surface area contributed by atoms with Gasteiger partial charge in [0, 0.05) is 17.8 Å². The maximum atomic E-state index is 13.1. The van der Waals surface area contributed by atoms with E-state index in [1.54, 1.807) is 12.1 Å². The van der Waals surface area contributed by atoms with Crippen LogP contribution in [-0.4, -0.2) is 26.7 Å². The van der Waals surface area contributed by atoms with Gasteiger partial charge in [0.25, 0.3) is 11.5 Å². The molecule has 6 nitrogen and oxygen atoms in total. The lowest BCUT2D eigenvalue weighted by molar-refractivity contribution is -0.137. The second-order valence-corrected chi connectivity index (χ2v) is 7.93. The Bertz CT molecular complexity index is 1170. The maximum Gasteiger partial charge on any atom is 0.416 e. The van der Waals surface area contributed by atoms with Crippen molar-refractivity contribution in [3.8, 4) is 16.9 Å². The fraction of sp³-hybridized carbons (Fsp3) is 0.304. The second kappa shape index (κ2) is 8.57. The molecule has 0 spiro atoms. The van der Waals surface area contributed by atoms with Crippen LogP contribution in [0.2, 0.25) is 0 Å². The third-order valence-electron chi connectivity index (χ3n) is 5.73. The molecule has 1 fully saturated rings. The minimum absolute atomic E-state index is 0.0311. The van der Waals surface area contributed by atoms with Gasteiger partial charge in [0.15, 0.2) is 0 Å². The molecule has 32 heavy (non-hydrogen) atoms. The number of hydrogen-bond donors (Lipinski definition) is 1. The summed E-state index contributed by atoms with van der Waals surface area (Å²) in [6.07, 6.45) is 1.32. The molecule has 2 heterocycles. The molecule has 1 aliphatic rings. The molecule has 0 radical (unpaired) electrons. The van der Waals surface area contributed by atoms with Gasteiger partial charge in [-0.3, -0.25) is 14.6 Å². The highest BCUT2D eigenvalue weighted by Crippen LogP contribution is 2.31. The number of hydrogen-bond acceptors (Lipinski definition) is 4. The third kappa shape index (κ3) is 4.42. The van der Waals surface area contributed by atoms with Gasteiger partial charge in [-0.25, -0.2) is 0 Å². The fourth-order valence-electron chi connectivity index (χ4n) is 3.89. The van der Waals surface area contributed by atoms with Crippen LogP contribution in [0, 0.1) is 5.92 Å². The van der Waals surface area contributed by atoms with Crippen LogP contribution in [0.4, 0.5) is 13.2 Å². The molecular formula is C23H21F3N4O2. The van der Waals surface area contributed by atoms with Crippen LogP contribution < -0.4 is 10.9 Å². The molecule has 0 unspecified atom stereocenters. The van der Waals surface area contributed by atoms with Crippen molar-refractivity contribution < 1.29 is 18.0 Å². The number of aromatic nitrogens is 3. The van der Waals surface area contributed by atoms with E-state index in [2.05, 4.69) is 15.4 Å². The van der Waals surface area contributed by atoms with Gasteiger partial charge in [-0.1, -0.05) is 25.5 Å². The quantitative estimate of drug-likeness (QED) is 0.656. The number of rotatable bonds is 4. The van der Waals surface area contributed by atoms with E-state index in [4.69, 9.17) is 0 Å². The zero-order valence-corrected chi connectivity index (χ0v) is 17.3. The first-order valence-corrected chi connectivity index (χ1v) is 10.3. The molecule has 1 aromatic carbocycles. The molecule has 1 aliphatic carbocycles. The van der Waals surface area contributed by atoms with Crippen LogP contribution in [0.5, 0.6) is 0 Å². The number of alkyl halides is 3. The number of nitrogens with one attached hydrogen (secondary N) is 1. The number of benzene rings is 1. The SMILES string of the molecule is C[C@@H]1CCC[C@@H]1NC(=O)c1cc(-c2ccc(C(F)(F)F)cc2)nn(-c2cccnc2)c1=O. The monoisotopic (exact) mass is 442 g/mol. The van der Waals surface area contributed by atoms with Gasteiger partial charge in [0.2, 0.25) is 0 Å². The van der Waals surface area contributed by atoms with E-state index < -0.39 is 23.2 Å². The molecule has 0 aliphatic heterocycles. The molecule has 0 saturated heterocycles. The summed E-state index contributed by atoms with van der Waals surface area (Å²) in [6, 6.07) is 8.94. The zero-order chi connectivity index (χ0) is 22.9.